The van der Waals surface area contributed by atoms with Gasteiger partial charge in [-0.2, -0.15) is 0 Å². The molecule has 0 bridgehead atoms. The first-order chi connectivity index (χ1) is 15.4. The van der Waals surface area contributed by atoms with Crippen LogP contribution in [-0.4, -0.2) is 58.3 Å². The molecule has 0 aliphatic carbocycles. The van der Waals surface area contributed by atoms with Gasteiger partial charge in [-0.1, -0.05) is 12.1 Å². The Kier molecular flexibility index (Phi) is 6.63. The standard InChI is InChI=1S/C22H23IN4O5/c1-12(31-2)19(20-24-16-8-5-14(23)11-17(16)25-20)27-21(29)18(26-22(27)30)13-3-6-15(7-4-13)32-10-9-28/h3-8,11-12,18-19,28H,9-10H2,1-2H3,(H,24,25)(H,26,30)/t12-,18-,19+/m1/s1. The van der Waals surface area contributed by atoms with Crippen LogP contribution in [0.3, 0.4) is 0 Å². The molecule has 10 heteroatoms. The molecular formula is C22H23IN4O5. The number of imide groups is 1. The lowest BCUT2D eigenvalue weighted by Gasteiger charge is -2.28. The maximum atomic E-state index is 13.4. The molecule has 3 N–H and O–H groups in total. The molecule has 1 aliphatic heterocycles. The van der Waals surface area contributed by atoms with Gasteiger partial charge in [0.2, 0.25) is 0 Å². The van der Waals surface area contributed by atoms with Crippen LogP contribution in [0.25, 0.3) is 11.0 Å². The van der Waals surface area contributed by atoms with Gasteiger partial charge >= 0.3 is 6.03 Å². The van der Waals surface area contributed by atoms with Crippen LogP contribution in [-0.2, 0) is 9.53 Å². The van der Waals surface area contributed by atoms with Crippen molar-refractivity contribution in [1.82, 2.24) is 20.2 Å². The fraction of sp³-hybridized carbons (Fsp3) is 0.318. The van der Waals surface area contributed by atoms with Crippen LogP contribution in [0, 0.1) is 3.57 Å². The zero-order chi connectivity index (χ0) is 22.8. The number of H-pyrrole nitrogens is 1. The summed E-state index contributed by atoms with van der Waals surface area (Å²) in [5, 5.41) is 11.6. The van der Waals surface area contributed by atoms with Crippen LogP contribution >= 0.6 is 22.6 Å². The number of hydrogen-bond donors (Lipinski definition) is 3. The number of aliphatic hydroxyl groups excluding tert-OH is 1. The van der Waals surface area contributed by atoms with E-state index in [0.717, 1.165) is 14.6 Å². The number of nitrogens with zero attached hydrogens (tertiary/aromatic N) is 2. The third-order valence-electron chi connectivity index (χ3n) is 5.38. The smallest absolute Gasteiger partial charge is 0.325 e. The molecule has 9 nitrogen and oxygen atoms in total. The van der Waals surface area contributed by atoms with E-state index in [2.05, 4.69) is 37.9 Å². The number of aromatic nitrogens is 2. The van der Waals surface area contributed by atoms with E-state index in [1.165, 1.54) is 12.0 Å². The third kappa shape index (κ3) is 4.30. The molecule has 1 aromatic heterocycles. The number of methoxy groups -OCH3 is 1. The predicted molar refractivity (Wildman–Crippen MR) is 125 cm³/mol. The fourth-order valence-corrected chi connectivity index (χ4v) is 4.22. The van der Waals surface area contributed by atoms with Crippen LogP contribution in [0.2, 0.25) is 0 Å². The Morgan fingerprint density at radius 2 is 1.97 bits per heavy atom. The van der Waals surface area contributed by atoms with Gasteiger partial charge in [0.05, 0.1) is 23.7 Å². The first-order valence-corrected chi connectivity index (χ1v) is 11.2. The van der Waals surface area contributed by atoms with E-state index in [1.807, 2.05) is 18.2 Å². The number of urea groups is 1. The first-order valence-electron chi connectivity index (χ1n) is 10.1. The molecular weight excluding hydrogens is 527 g/mol. The SMILES string of the molecule is CO[C@H](C)[C@@H](c1nc2ccc(I)cc2[nH]1)N1C(=O)N[C@H](c2ccc(OCCO)cc2)C1=O. The van der Waals surface area contributed by atoms with Crippen LogP contribution in [0.4, 0.5) is 4.79 Å². The quantitative estimate of drug-likeness (QED) is 0.294. The lowest BCUT2D eigenvalue weighted by molar-refractivity contribution is -0.131. The molecule has 2 aromatic carbocycles. The normalized spacial score (nSPS) is 18.1. The Bertz CT molecular complexity index is 1130. The van der Waals surface area contributed by atoms with Crippen molar-refractivity contribution in [3.05, 3.63) is 57.4 Å². The monoisotopic (exact) mass is 550 g/mol. The Balaban J connectivity index is 1.64. The summed E-state index contributed by atoms with van der Waals surface area (Å²) < 4.78 is 11.9. The van der Waals surface area contributed by atoms with E-state index in [4.69, 9.17) is 14.6 Å². The van der Waals surface area contributed by atoms with Crippen molar-refractivity contribution >= 4 is 45.6 Å². The number of hydrogen-bond acceptors (Lipinski definition) is 6. The molecule has 1 fully saturated rings. The van der Waals surface area contributed by atoms with Gasteiger partial charge in [0, 0.05) is 10.7 Å². The van der Waals surface area contributed by atoms with Crippen molar-refractivity contribution in [2.24, 2.45) is 0 Å². The van der Waals surface area contributed by atoms with E-state index in [-0.39, 0.29) is 19.1 Å². The number of rotatable bonds is 8. The van der Waals surface area contributed by atoms with E-state index in [1.54, 1.807) is 31.2 Å². The average Bonchev–Trinajstić information content (AvgIpc) is 3.33. The minimum atomic E-state index is -0.828. The number of halogens is 1. The van der Waals surface area contributed by atoms with Gasteiger partial charge in [-0.15, -0.1) is 0 Å². The van der Waals surface area contributed by atoms with Gasteiger partial charge in [0.15, 0.2) is 0 Å². The lowest BCUT2D eigenvalue weighted by atomic mass is 10.1. The van der Waals surface area contributed by atoms with Gasteiger partial charge < -0.3 is 24.9 Å². The number of carbonyl (C=O) groups is 2. The number of imidazole rings is 1. The summed E-state index contributed by atoms with van der Waals surface area (Å²) in [5.74, 6) is 0.662. The Hall–Kier alpha value is -2.70. The minimum Gasteiger partial charge on any atom is -0.491 e. The summed E-state index contributed by atoms with van der Waals surface area (Å²) in [5.41, 5.74) is 2.20. The van der Waals surface area contributed by atoms with Crippen molar-refractivity contribution in [3.8, 4) is 5.75 Å². The van der Waals surface area contributed by atoms with E-state index >= 15 is 0 Å². The molecule has 168 valence electrons. The molecule has 2 heterocycles. The topological polar surface area (TPSA) is 117 Å². The zero-order valence-corrected chi connectivity index (χ0v) is 19.7. The summed E-state index contributed by atoms with van der Waals surface area (Å²) >= 11 is 2.22. The van der Waals surface area contributed by atoms with Gasteiger partial charge in [0.25, 0.3) is 5.91 Å². The number of nitrogens with one attached hydrogen (secondary N) is 2. The van der Waals surface area contributed by atoms with Crippen LogP contribution in [0.15, 0.2) is 42.5 Å². The van der Waals surface area contributed by atoms with E-state index < -0.39 is 24.2 Å². The van der Waals surface area contributed by atoms with Crippen molar-refractivity contribution in [2.75, 3.05) is 20.3 Å². The average molecular weight is 550 g/mol. The van der Waals surface area contributed by atoms with Crippen molar-refractivity contribution in [1.29, 1.82) is 0 Å². The number of carbonyl (C=O) groups excluding carboxylic acids is 2. The Labute approximate surface area is 198 Å². The largest absolute Gasteiger partial charge is 0.491 e. The molecule has 1 aliphatic rings. The highest BCUT2D eigenvalue weighted by atomic mass is 127. The second-order valence-corrected chi connectivity index (χ2v) is 8.65. The fourth-order valence-electron chi connectivity index (χ4n) is 3.73. The first kappa shape index (κ1) is 22.5. The molecule has 0 saturated carbocycles. The number of fused-ring (bicyclic) bond motifs is 1. The number of ether oxygens (including phenoxy) is 2. The summed E-state index contributed by atoms with van der Waals surface area (Å²) in [6.07, 6.45) is -0.489. The second-order valence-electron chi connectivity index (χ2n) is 7.40. The molecule has 1 saturated heterocycles. The maximum absolute atomic E-state index is 13.4. The highest BCUT2D eigenvalue weighted by molar-refractivity contribution is 14.1. The molecule has 3 amide bonds. The summed E-state index contributed by atoms with van der Waals surface area (Å²) in [4.78, 5) is 35.3. The molecule has 4 rings (SSSR count). The molecule has 3 aromatic rings. The Morgan fingerprint density at radius 3 is 2.66 bits per heavy atom. The second kappa shape index (κ2) is 9.43. The number of amides is 3. The maximum Gasteiger partial charge on any atom is 0.325 e. The molecule has 3 atom stereocenters. The summed E-state index contributed by atoms with van der Waals surface area (Å²) in [6, 6.07) is 10.6. The van der Waals surface area contributed by atoms with Gasteiger partial charge in [0.1, 0.15) is 30.3 Å². The predicted octanol–water partition coefficient (Wildman–Crippen LogP) is 2.91. The van der Waals surface area contributed by atoms with Gasteiger partial charge in [-0.3, -0.25) is 4.79 Å². The lowest BCUT2D eigenvalue weighted by Crippen LogP contribution is -2.41. The highest BCUT2D eigenvalue weighted by Crippen LogP contribution is 2.33. The highest BCUT2D eigenvalue weighted by Gasteiger charge is 2.46. The third-order valence-corrected chi connectivity index (χ3v) is 6.05. The van der Waals surface area contributed by atoms with Gasteiger partial charge in [-0.25, -0.2) is 14.7 Å². The molecule has 0 unspecified atom stereocenters. The number of aliphatic hydroxyl groups is 1. The number of benzene rings is 2. The van der Waals surface area contributed by atoms with Crippen molar-refractivity contribution in [3.63, 3.8) is 0 Å². The zero-order valence-electron chi connectivity index (χ0n) is 17.5. The van der Waals surface area contributed by atoms with Crippen molar-refractivity contribution in [2.45, 2.75) is 25.1 Å². The number of aromatic amines is 1. The van der Waals surface area contributed by atoms with Crippen molar-refractivity contribution < 1.29 is 24.2 Å². The van der Waals surface area contributed by atoms with Gasteiger partial charge in [-0.05, 0) is 65.4 Å². The van der Waals surface area contributed by atoms with Crippen LogP contribution in [0.5, 0.6) is 5.75 Å². The van der Waals surface area contributed by atoms with E-state index in [9.17, 15) is 9.59 Å². The van der Waals surface area contributed by atoms with Crippen LogP contribution in [0.1, 0.15) is 30.4 Å². The summed E-state index contributed by atoms with van der Waals surface area (Å²) in [6.45, 7) is 1.88. The molecule has 0 spiro atoms. The van der Waals surface area contributed by atoms with Crippen LogP contribution < -0.4 is 10.1 Å². The molecule has 32 heavy (non-hydrogen) atoms. The minimum absolute atomic E-state index is 0.0894. The Morgan fingerprint density at radius 1 is 1.22 bits per heavy atom. The summed E-state index contributed by atoms with van der Waals surface area (Å²) in [7, 11) is 1.53. The molecule has 0 radical (unpaired) electrons. The van der Waals surface area contributed by atoms with E-state index in [0.29, 0.717) is 17.1 Å².